The van der Waals surface area contributed by atoms with E-state index in [1.807, 2.05) is 24.3 Å². The second-order valence-electron chi connectivity index (χ2n) is 5.11. The zero-order chi connectivity index (χ0) is 13.0. The van der Waals surface area contributed by atoms with Crippen molar-refractivity contribution >= 4 is 28.4 Å². The molecule has 1 aliphatic rings. The largest absolute Gasteiger partial charge is 0.296 e. The smallest absolute Gasteiger partial charge is 0.176 e. The summed E-state index contributed by atoms with van der Waals surface area (Å²) in [6.07, 6.45) is 3.81. The first-order valence-electron chi connectivity index (χ1n) is 6.70. The number of rotatable bonds is 5. The first-order chi connectivity index (χ1) is 8.69. The molecule has 0 N–H and O–H groups in total. The number of halogens is 1. The number of Topliss-reactive ketones (excluding diaryl/α,β-unsaturated/α-hetero) is 1. The monoisotopic (exact) mass is 357 g/mol. The van der Waals surface area contributed by atoms with Gasteiger partial charge in [-0.2, -0.15) is 0 Å². The summed E-state index contributed by atoms with van der Waals surface area (Å²) in [6, 6.07) is 7.86. The molecule has 1 heterocycles. The number of benzene rings is 1. The van der Waals surface area contributed by atoms with Gasteiger partial charge in [0, 0.05) is 15.7 Å². The molecule has 98 valence electrons. The van der Waals surface area contributed by atoms with Crippen LogP contribution in [-0.4, -0.2) is 30.3 Å². The molecule has 0 amide bonds. The lowest BCUT2D eigenvalue weighted by atomic mass is 10.0. The standard InChI is InChI=1S/C15H20INO/c1-2-3-12-8-9-17(10-12)11-15(18)13-4-6-14(16)7-5-13/h4-7,12H,2-3,8-11H2,1H3. The van der Waals surface area contributed by atoms with E-state index < -0.39 is 0 Å². The molecule has 0 aliphatic carbocycles. The van der Waals surface area contributed by atoms with Gasteiger partial charge in [0.05, 0.1) is 6.54 Å². The average molecular weight is 357 g/mol. The molecule has 0 saturated carbocycles. The Morgan fingerprint density at radius 2 is 2.11 bits per heavy atom. The number of carbonyl (C=O) groups excluding carboxylic acids is 1. The van der Waals surface area contributed by atoms with Crippen LogP contribution >= 0.6 is 22.6 Å². The van der Waals surface area contributed by atoms with Gasteiger partial charge in [-0.3, -0.25) is 9.69 Å². The lowest BCUT2D eigenvalue weighted by molar-refractivity contribution is 0.0943. The zero-order valence-corrected chi connectivity index (χ0v) is 13.0. The lowest BCUT2D eigenvalue weighted by Gasteiger charge is -2.14. The van der Waals surface area contributed by atoms with E-state index in [0.717, 1.165) is 24.6 Å². The van der Waals surface area contributed by atoms with Gasteiger partial charge in [-0.15, -0.1) is 0 Å². The second-order valence-corrected chi connectivity index (χ2v) is 6.35. The molecule has 1 aliphatic heterocycles. The highest BCUT2D eigenvalue weighted by Gasteiger charge is 2.23. The van der Waals surface area contributed by atoms with Crippen LogP contribution in [0, 0.1) is 9.49 Å². The van der Waals surface area contributed by atoms with E-state index in [1.54, 1.807) is 0 Å². The normalized spacial score (nSPS) is 20.2. The molecule has 0 bridgehead atoms. The van der Waals surface area contributed by atoms with Gasteiger partial charge in [-0.1, -0.05) is 25.5 Å². The van der Waals surface area contributed by atoms with Crippen molar-refractivity contribution in [2.24, 2.45) is 5.92 Å². The van der Waals surface area contributed by atoms with Crippen LogP contribution in [0.2, 0.25) is 0 Å². The maximum Gasteiger partial charge on any atom is 0.176 e. The molecule has 0 aromatic heterocycles. The first kappa shape index (κ1) is 14.0. The Morgan fingerprint density at radius 1 is 1.39 bits per heavy atom. The van der Waals surface area contributed by atoms with Gasteiger partial charge in [-0.25, -0.2) is 0 Å². The predicted molar refractivity (Wildman–Crippen MR) is 82.9 cm³/mol. The minimum absolute atomic E-state index is 0.253. The summed E-state index contributed by atoms with van der Waals surface area (Å²) in [5.41, 5.74) is 0.842. The van der Waals surface area contributed by atoms with Crippen molar-refractivity contribution in [1.82, 2.24) is 4.90 Å². The number of hydrogen-bond acceptors (Lipinski definition) is 2. The Labute approximate surface area is 123 Å². The van der Waals surface area contributed by atoms with Gasteiger partial charge in [0.2, 0.25) is 0 Å². The molecule has 18 heavy (non-hydrogen) atoms. The van der Waals surface area contributed by atoms with Crippen LogP contribution in [0.25, 0.3) is 0 Å². The van der Waals surface area contributed by atoms with Crippen molar-refractivity contribution < 1.29 is 4.79 Å². The molecular formula is C15H20INO. The molecule has 1 fully saturated rings. The fourth-order valence-corrected chi connectivity index (χ4v) is 2.99. The topological polar surface area (TPSA) is 20.3 Å². The van der Waals surface area contributed by atoms with Crippen molar-refractivity contribution in [2.75, 3.05) is 19.6 Å². The van der Waals surface area contributed by atoms with Crippen molar-refractivity contribution in [3.05, 3.63) is 33.4 Å². The van der Waals surface area contributed by atoms with Gasteiger partial charge in [-0.05, 0) is 60.0 Å². The van der Waals surface area contributed by atoms with Gasteiger partial charge in [0.1, 0.15) is 0 Å². The molecule has 1 atom stereocenters. The third kappa shape index (κ3) is 3.79. The summed E-state index contributed by atoms with van der Waals surface area (Å²) in [5.74, 6) is 1.06. The summed E-state index contributed by atoms with van der Waals surface area (Å²) in [6.45, 7) is 5.00. The van der Waals surface area contributed by atoms with Crippen LogP contribution < -0.4 is 0 Å². The fourth-order valence-electron chi connectivity index (χ4n) is 2.63. The highest BCUT2D eigenvalue weighted by molar-refractivity contribution is 14.1. The van der Waals surface area contributed by atoms with Crippen LogP contribution in [-0.2, 0) is 0 Å². The van der Waals surface area contributed by atoms with Crippen LogP contribution in [0.1, 0.15) is 36.5 Å². The van der Waals surface area contributed by atoms with Crippen molar-refractivity contribution in [3.63, 3.8) is 0 Å². The van der Waals surface area contributed by atoms with E-state index in [9.17, 15) is 4.79 Å². The van der Waals surface area contributed by atoms with Crippen LogP contribution in [0.4, 0.5) is 0 Å². The second kappa shape index (κ2) is 6.66. The number of likely N-dealkylation sites (tertiary alicyclic amines) is 1. The Morgan fingerprint density at radius 3 is 2.78 bits per heavy atom. The summed E-state index contributed by atoms with van der Waals surface area (Å²) >= 11 is 2.26. The number of hydrogen-bond donors (Lipinski definition) is 0. The van der Waals surface area contributed by atoms with Crippen molar-refractivity contribution in [2.45, 2.75) is 26.2 Å². The van der Waals surface area contributed by atoms with Gasteiger partial charge < -0.3 is 0 Å². The molecule has 1 unspecified atom stereocenters. The maximum atomic E-state index is 12.1. The summed E-state index contributed by atoms with van der Waals surface area (Å²) < 4.78 is 1.17. The summed E-state index contributed by atoms with van der Waals surface area (Å²) in [5, 5.41) is 0. The molecule has 1 saturated heterocycles. The fraction of sp³-hybridized carbons (Fsp3) is 0.533. The third-order valence-electron chi connectivity index (χ3n) is 3.60. The Kier molecular flexibility index (Phi) is 5.18. The number of ketones is 1. The SMILES string of the molecule is CCCC1CCN(CC(=O)c2ccc(I)cc2)C1. The van der Waals surface area contributed by atoms with E-state index in [1.165, 1.54) is 22.8 Å². The minimum Gasteiger partial charge on any atom is -0.296 e. The Hall–Kier alpha value is -0.420. The van der Waals surface area contributed by atoms with E-state index in [2.05, 4.69) is 34.4 Å². The first-order valence-corrected chi connectivity index (χ1v) is 7.78. The Bertz CT molecular complexity index is 401. The predicted octanol–water partition coefficient (Wildman–Crippen LogP) is 3.60. The summed E-state index contributed by atoms with van der Waals surface area (Å²) in [4.78, 5) is 14.4. The van der Waals surface area contributed by atoms with E-state index in [-0.39, 0.29) is 5.78 Å². The molecule has 3 heteroatoms. The Balaban J connectivity index is 1.87. The van der Waals surface area contributed by atoms with Gasteiger partial charge in [0.15, 0.2) is 5.78 Å². The highest BCUT2D eigenvalue weighted by atomic mass is 127. The minimum atomic E-state index is 0.253. The maximum absolute atomic E-state index is 12.1. The van der Waals surface area contributed by atoms with Crippen molar-refractivity contribution in [3.8, 4) is 0 Å². The quantitative estimate of drug-likeness (QED) is 0.593. The summed E-state index contributed by atoms with van der Waals surface area (Å²) in [7, 11) is 0. The lowest BCUT2D eigenvalue weighted by Crippen LogP contribution is -2.27. The molecule has 1 aromatic rings. The number of nitrogens with zero attached hydrogens (tertiary/aromatic N) is 1. The van der Waals surface area contributed by atoms with Gasteiger partial charge >= 0.3 is 0 Å². The van der Waals surface area contributed by atoms with Crippen LogP contribution in [0.5, 0.6) is 0 Å². The highest BCUT2D eigenvalue weighted by Crippen LogP contribution is 2.21. The molecule has 2 nitrogen and oxygen atoms in total. The zero-order valence-electron chi connectivity index (χ0n) is 10.9. The molecular weight excluding hydrogens is 337 g/mol. The van der Waals surface area contributed by atoms with E-state index in [4.69, 9.17) is 0 Å². The molecule has 2 rings (SSSR count). The average Bonchev–Trinajstić information content (AvgIpc) is 2.78. The van der Waals surface area contributed by atoms with Crippen LogP contribution in [0.15, 0.2) is 24.3 Å². The van der Waals surface area contributed by atoms with E-state index >= 15 is 0 Å². The number of carbonyl (C=O) groups is 1. The van der Waals surface area contributed by atoms with Gasteiger partial charge in [0.25, 0.3) is 0 Å². The van der Waals surface area contributed by atoms with Crippen molar-refractivity contribution in [1.29, 1.82) is 0 Å². The third-order valence-corrected chi connectivity index (χ3v) is 4.32. The molecule has 1 aromatic carbocycles. The molecule has 0 radical (unpaired) electrons. The molecule has 0 spiro atoms. The van der Waals surface area contributed by atoms with E-state index in [0.29, 0.717) is 6.54 Å². The van der Waals surface area contributed by atoms with Crippen LogP contribution in [0.3, 0.4) is 0 Å².